The Morgan fingerprint density at radius 3 is 2.62 bits per heavy atom. The van der Waals surface area contributed by atoms with E-state index in [0.29, 0.717) is 6.54 Å². The van der Waals surface area contributed by atoms with E-state index in [1.807, 2.05) is 19.9 Å². The van der Waals surface area contributed by atoms with Crippen LogP contribution in [-0.2, 0) is 0 Å². The van der Waals surface area contributed by atoms with Crippen molar-refractivity contribution in [3.05, 3.63) is 12.4 Å². The highest BCUT2D eigenvalue weighted by Gasteiger charge is 2.15. The van der Waals surface area contributed by atoms with E-state index in [1.165, 1.54) is 0 Å². The zero-order chi connectivity index (χ0) is 12.0. The van der Waals surface area contributed by atoms with Gasteiger partial charge in [-0.15, -0.1) is 0 Å². The van der Waals surface area contributed by atoms with Gasteiger partial charge in [-0.1, -0.05) is 6.92 Å². The molecule has 4 N–H and O–H groups in total. The van der Waals surface area contributed by atoms with E-state index in [2.05, 4.69) is 27.5 Å². The first-order valence-corrected chi connectivity index (χ1v) is 5.61. The minimum absolute atomic E-state index is 0.156. The Bertz CT molecular complexity index is 324. The van der Waals surface area contributed by atoms with Gasteiger partial charge in [0.15, 0.2) is 0 Å². The van der Waals surface area contributed by atoms with E-state index < -0.39 is 0 Å². The molecule has 0 radical (unpaired) electrons. The van der Waals surface area contributed by atoms with E-state index in [-0.39, 0.29) is 5.54 Å². The molecule has 1 rings (SSSR count). The molecule has 90 valence electrons. The van der Waals surface area contributed by atoms with Crippen LogP contribution in [0.4, 0.5) is 11.6 Å². The van der Waals surface area contributed by atoms with Gasteiger partial charge in [0.1, 0.15) is 18.0 Å². The lowest BCUT2D eigenvalue weighted by molar-refractivity contribution is 0.577. The summed E-state index contributed by atoms with van der Waals surface area (Å²) < 4.78 is 0. The molecule has 5 heteroatoms. The first kappa shape index (κ1) is 12.7. The lowest BCUT2D eigenvalue weighted by atomic mass is 10.1. The second kappa shape index (κ2) is 5.65. The molecule has 0 unspecified atom stereocenters. The molecule has 0 aliphatic rings. The molecule has 5 nitrogen and oxygen atoms in total. The predicted molar refractivity (Wildman–Crippen MR) is 67.6 cm³/mol. The summed E-state index contributed by atoms with van der Waals surface area (Å²) in [5, 5.41) is 6.48. The molecular formula is C11H21N5. The molecule has 0 atom stereocenters. The van der Waals surface area contributed by atoms with Crippen LogP contribution >= 0.6 is 0 Å². The minimum Gasteiger partial charge on any atom is -0.370 e. The molecule has 1 aromatic rings. The van der Waals surface area contributed by atoms with Gasteiger partial charge in [-0.2, -0.15) is 0 Å². The third-order valence-corrected chi connectivity index (χ3v) is 2.20. The Labute approximate surface area is 96.9 Å². The van der Waals surface area contributed by atoms with Crippen LogP contribution in [0.3, 0.4) is 0 Å². The Morgan fingerprint density at radius 2 is 2.00 bits per heavy atom. The van der Waals surface area contributed by atoms with E-state index in [1.54, 1.807) is 6.33 Å². The van der Waals surface area contributed by atoms with Gasteiger partial charge in [0, 0.05) is 24.7 Å². The van der Waals surface area contributed by atoms with Gasteiger partial charge in [0.2, 0.25) is 0 Å². The number of nitrogens with two attached hydrogens (primary N) is 1. The number of hydrogen-bond donors (Lipinski definition) is 3. The Morgan fingerprint density at radius 1 is 1.31 bits per heavy atom. The Balaban J connectivity index is 2.67. The lowest BCUT2D eigenvalue weighted by Crippen LogP contribution is -2.39. The fourth-order valence-electron chi connectivity index (χ4n) is 1.17. The molecule has 0 saturated carbocycles. The molecule has 0 saturated heterocycles. The van der Waals surface area contributed by atoms with Crippen molar-refractivity contribution < 1.29 is 0 Å². The SMILES string of the molecule is CCCNc1cc(NC(C)(C)CN)ncn1. The van der Waals surface area contributed by atoms with Crippen LogP contribution in [0, 0.1) is 0 Å². The number of aromatic nitrogens is 2. The van der Waals surface area contributed by atoms with Crippen LogP contribution in [0.1, 0.15) is 27.2 Å². The molecule has 0 amide bonds. The van der Waals surface area contributed by atoms with Gasteiger partial charge in [0.25, 0.3) is 0 Å². The summed E-state index contributed by atoms with van der Waals surface area (Å²) in [5.74, 6) is 1.64. The standard InChI is InChI=1S/C11H21N5/c1-4-5-13-9-6-10(15-8-14-9)16-11(2,3)7-12/h6,8H,4-5,7,12H2,1-3H3,(H2,13,14,15,16). The Kier molecular flexibility index (Phi) is 4.49. The maximum absolute atomic E-state index is 5.65. The zero-order valence-electron chi connectivity index (χ0n) is 10.2. The highest BCUT2D eigenvalue weighted by atomic mass is 15.1. The van der Waals surface area contributed by atoms with E-state index in [9.17, 15) is 0 Å². The molecule has 0 bridgehead atoms. The number of anilines is 2. The summed E-state index contributed by atoms with van der Waals surface area (Å²) in [4.78, 5) is 8.30. The van der Waals surface area contributed by atoms with Gasteiger partial charge in [-0.3, -0.25) is 0 Å². The van der Waals surface area contributed by atoms with Crippen molar-refractivity contribution in [1.82, 2.24) is 9.97 Å². The lowest BCUT2D eigenvalue weighted by Gasteiger charge is -2.24. The van der Waals surface area contributed by atoms with Crippen molar-refractivity contribution in [2.75, 3.05) is 23.7 Å². The van der Waals surface area contributed by atoms with Crippen LogP contribution in [0.5, 0.6) is 0 Å². The van der Waals surface area contributed by atoms with Crippen molar-refractivity contribution in [3.8, 4) is 0 Å². The van der Waals surface area contributed by atoms with Crippen LogP contribution in [0.2, 0.25) is 0 Å². The average Bonchev–Trinajstić information content (AvgIpc) is 2.26. The van der Waals surface area contributed by atoms with Crippen molar-refractivity contribution >= 4 is 11.6 Å². The topological polar surface area (TPSA) is 75.9 Å². The van der Waals surface area contributed by atoms with Crippen LogP contribution < -0.4 is 16.4 Å². The maximum atomic E-state index is 5.65. The van der Waals surface area contributed by atoms with Gasteiger partial charge in [0.05, 0.1) is 0 Å². The third kappa shape index (κ3) is 4.02. The first-order chi connectivity index (χ1) is 7.57. The van der Waals surface area contributed by atoms with Crippen LogP contribution in [-0.4, -0.2) is 28.6 Å². The molecule has 1 heterocycles. The molecule has 1 aromatic heterocycles. The molecule has 0 aliphatic carbocycles. The summed E-state index contributed by atoms with van der Waals surface area (Å²) in [6.45, 7) is 7.65. The maximum Gasteiger partial charge on any atom is 0.131 e. The summed E-state index contributed by atoms with van der Waals surface area (Å²) in [6.07, 6.45) is 2.62. The summed E-state index contributed by atoms with van der Waals surface area (Å²) in [7, 11) is 0. The number of hydrogen-bond acceptors (Lipinski definition) is 5. The van der Waals surface area contributed by atoms with Crippen LogP contribution in [0.25, 0.3) is 0 Å². The smallest absolute Gasteiger partial charge is 0.131 e. The Hall–Kier alpha value is -1.36. The first-order valence-electron chi connectivity index (χ1n) is 5.61. The highest BCUT2D eigenvalue weighted by Crippen LogP contribution is 2.13. The molecular weight excluding hydrogens is 202 g/mol. The van der Waals surface area contributed by atoms with E-state index >= 15 is 0 Å². The van der Waals surface area contributed by atoms with Crippen molar-refractivity contribution in [1.29, 1.82) is 0 Å². The van der Waals surface area contributed by atoms with Gasteiger partial charge in [-0.05, 0) is 20.3 Å². The van der Waals surface area contributed by atoms with Gasteiger partial charge >= 0.3 is 0 Å². The number of rotatable bonds is 6. The number of nitrogens with zero attached hydrogens (tertiary/aromatic N) is 2. The predicted octanol–water partition coefficient (Wildman–Crippen LogP) is 1.45. The summed E-state index contributed by atoms with van der Waals surface area (Å²) in [6, 6.07) is 1.90. The van der Waals surface area contributed by atoms with Crippen molar-refractivity contribution in [2.24, 2.45) is 5.73 Å². The molecule has 0 spiro atoms. The average molecular weight is 223 g/mol. The molecule has 0 aromatic carbocycles. The number of nitrogens with one attached hydrogen (secondary N) is 2. The minimum atomic E-state index is -0.156. The highest BCUT2D eigenvalue weighted by molar-refractivity contribution is 5.47. The fraction of sp³-hybridized carbons (Fsp3) is 0.636. The normalized spacial score (nSPS) is 11.2. The second-order valence-corrected chi connectivity index (χ2v) is 4.43. The van der Waals surface area contributed by atoms with E-state index in [4.69, 9.17) is 5.73 Å². The third-order valence-electron chi connectivity index (χ3n) is 2.20. The van der Waals surface area contributed by atoms with Gasteiger partial charge in [-0.25, -0.2) is 9.97 Å². The van der Waals surface area contributed by atoms with Crippen molar-refractivity contribution in [2.45, 2.75) is 32.7 Å². The van der Waals surface area contributed by atoms with Gasteiger partial charge < -0.3 is 16.4 Å². The second-order valence-electron chi connectivity index (χ2n) is 4.43. The van der Waals surface area contributed by atoms with Crippen LogP contribution in [0.15, 0.2) is 12.4 Å². The summed E-state index contributed by atoms with van der Waals surface area (Å²) in [5.41, 5.74) is 5.49. The van der Waals surface area contributed by atoms with E-state index in [0.717, 1.165) is 24.6 Å². The quantitative estimate of drug-likeness (QED) is 0.680. The fourth-order valence-corrected chi connectivity index (χ4v) is 1.17. The summed E-state index contributed by atoms with van der Waals surface area (Å²) >= 11 is 0. The largest absolute Gasteiger partial charge is 0.370 e. The zero-order valence-corrected chi connectivity index (χ0v) is 10.2. The molecule has 0 aliphatic heterocycles. The monoisotopic (exact) mass is 223 g/mol. The van der Waals surface area contributed by atoms with Crippen molar-refractivity contribution in [3.63, 3.8) is 0 Å². The molecule has 16 heavy (non-hydrogen) atoms. The molecule has 0 fully saturated rings.